The van der Waals surface area contributed by atoms with Crippen molar-refractivity contribution in [3.63, 3.8) is 0 Å². The Bertz CT molecular complexity index is 585. The fraction of sp³-hybridized carbons (Fsp3) is 0.438. The van der Waals surface area contributed by atoms with E-state index in [0.29, 0.717) is 19.6 Å². The first kappa shape index (κ1) is 17.0. The Kier molecular flexibility index (Phi) is 5.70. The molecular formula is C16H22N4O3. The van der Waals surface area contributed by atoms with Gasteiger partial charge in [0.05, 0.1) is 19.0 Å². The normalized spacial score (nSPS) is 18.3. The van der Waals surface area contributed by atoms with Crippen molar-refractivity contribution >= 4 is 17.7 Å². The molecule has 7 nitrogen and oxygen atoms in total. The quantitative estimate of drug-likeness (QED) is 0.644. The molecule has 0 aromatic heterocycles. The molecule has 0 saturated carbocycles. The third-order valence-electron chi connectivity index (χ3n) is 3.79. The Morgan fingerprint density at radius 2 is 2.04 bits per heavy atom. The van der Waals surface area contributed by atoms with Crippen LogP contribution in [-0.4, -0.2) is 48.3 Å². The van der Waals surface area contributed by atoms with Gasteiger partial charge in [0.15, 0.2) is 0 Å². The molecule has 1 atom stereocenters. The van der Waals surface area contributed by atoms with Crippen LogP contribution in [0.4, 0.5) is 0 Å². The first-order valence-electron chi connectivity index (χ1n) is 7.58. The number of amides is 3. The van der Waals surface area contributed by atoms with Gasteiger partial charge in [-0.25, -0.2) is 0 Å². The van der Waals surface area contributed by atoms with E-state index in [-0.39, 0.29) is 24.8 Å². The zero-order valence-corrected chi connectivity index (χ0v) is 13.2. The highest BCUT2D eigenvalue weighted by Crippen LogP contribution is 2.14. The monoisotopic (exact) mass is 318 g/mol. The molecule has 1 aromatic carbocycles. The summed E-state index contributed by atoms with van der Waals surface area (Å²) in [6, 6.07) is 7.54. The molecule has 4 N–H and O–H groups in total. The Labute approximate surface area is 135 Å². The van der Waals surface area contributed by atoms with E-state index in [1.54, 1.807) is 0 Å². The maximum Gasteiger partial charge on any atom is 0.237 e. The first-order valence-corrected chi connectivity index (χ1v) is 7.58. The Balaban J connectivity index is 2.00. The molecule has 1 heterocycles. The van der Waals surface area contributed by atoms with Gasteiger partial charge in [-0.3, -0.25) is 19.3 Å². The van der Waals surface area contributed by atoms with Crippen molar-refractivity contribution in [1.82, 2.24) is 15.5 Å². The summed E-state index contributed by atoms with van der Waals surface area (Å²) in [5, 5.41) is 5.20. The minimum atomic E-state index is -0.608. The van der Waals surface area contributed by atoms with E-state index >= 15 is 0 Å². The molecule has 0 spiro atoms. The largest absolute Gasteiger partial charge is 0.368 e. The molecule has 1 aliphatic heterocycles. The minimum Gasteiger partial charge on any atom is -0.368 e. The molecule has 2 rings (SSSR count). The standard InChI is InChI=1S/C16H22N4O3/c1-11-2-4-12(5-3-11)10-20-7-6-18-16(23)13(20)8-15(22)19-9-14(17)21/h2-5,13H,6-10H2,1H3,(H2,17,21)(H,18,23)(H,19,22). The van der Waals surface area contributed by atoms with E-state index in [0.717, 1.165) is 5.56 Å². The third kappa shape index (κ3) is 5.07. The van der Waals surface area contributed by atoms with Crippen molar-refractivity contribution in [3.05, 3.63) is 35.4 Å². The maximum absolute atomic E-state index is 12.1. The molecule has 0 radical (unpaired) electrons. The summed E-state index contributed by atoms with van der Waals surface area (Å²) >= 11 is 0. The summed E-state index contributed by atoms with van der Waals surface area (Å²) in [4.78, 5) is 36.7. The molecule has 1 saturated heterocycles. The van der Waals surface area contributed by atoms with Crippen LogP contribution in [0.3, 0.4) is 0 Å². The predicted octanol–water partition coefficient (Wildman–Crippen LogP) is -0.713. The van der Waals surface area contributed by atoms with E-state index in [9.17, 15) is 14.4 Å². The highest BCUT2D eigenvalue weighted by atomic mass is 16.2. The van der Waals surface area contributed by atoms with Gasteiger partial charge in [-0.05, 0) is 12.5 Å². The molecule has 1 unspecified atom stereocenters. The lowest BCUT2D eigenvalue weighted by atomic mass is 10.1. The molecule has 23 heavy (non-hydrogen) atoms. The lowest BCUT2D eigenvalue weighted by molar-refractivity contribution is -0.134. The fourth-order valence-electron chi connectivity index (χ4n) is 2.53. The third-order valence-corrected chi connectivity index (χ3v) is 3.79. The smallest absolute Gasteiger partial charge is 0.237 e. The van der Waals surface area contributed by atoms with Gasteiger partial charge in [-0.1, -0.05) is 29.8 Å². The lowest BCUT2D eigenvalue weighted by Gasteiger charge is -2.34. The van der Waals surface area contributed by atoms with Crippen LogP contribution in [0.15, 0.2) is 24.3 Å². The summed E-state index contributed by atoms with van der Waals surface area (Å²) in [6.45, 7) is 3.63. The van der Waals surface area contributed by atoms with Crippen molar-refractivity contribution in [1.29, 1.82) is 0 Å². The molecule has 124 valence electrons. The van der Waals surface area contributed by atoms with E-state index < -0.39 is 11.9 Å². The van der Waals surface area contributed by atoms with Crippen LogP contribution in [-0.2, 0) is 20.9 Å². The molecule has 0 aliphatic carbocycles. The van der Waals surface area contributed by atoms with Crippen LogP contribution in [0.1, 0.15) is 17.5 Å². The van der Waals surface area contributed by atoms with Crippen LogP contribution in [0.5, 0.6) is 0 Å². The number of aryl methyl sites for hydroxylation is 1. The van der Waals surface area contributed by atoms with E-state index in [2.05, 4.69) is 10.6 Å². The molecule has 3 amide bonds. The maximum atomic E-state index is 12.1. The summed E-state index contributed by atoms with van der Waals surface area (Å²) in [5.41, 5.74) is 7.26. The number of benzene rings is 1. The van der Waals surface area contributed by atoms with Crippen molar-refractivity contribution in [3.8, 4) is 0 Å². The van der Waals surface area contributed by atoms with Gasteiger partial charge >= 0.3 is 0 Å². The van der Waals surface area contributed by atoms with Gasteiger partial charge in [-0.2, -0.15) is 0 Å². The Morgan fingerprint density at radius 3 is 2.70 bits per heavy atom. The number of rotatable bonds is 6. The molecular weight excluding hydrogens is 296 g/mol. The van der Waals surface area contributed by atoms with Crippen LogP contribution in [0.25, 0.3) is 0 Å². The zero-order chi connectivity index (χ0) is 16.8. The number of nitrogens with zero attached hydrogens (tertiary/aromatic N) is 1. The van der Waals surface area contributed by atoms with Crippen LogP contribution in [0, 0.1) is 6.92 Å². The highest BCUT2D eigenvalue weighted by molar-refractivity contribution is 5.90. The summed E-state index contributed by atoms with van der Waals surface area (Å²) in [5.74, 6) is -1.14. The number of nitrogens with two attached hydrogens (primary N) is 1. The number of piperazine rings is 1. The van der Waals surface area contributed by atoms with Gasteiger partial charge in [0.2, 0.25) is 17.7 Å². The number of carbonyl (C=O) groups excluding carboxylic acids is 3. The lowest BCUT2D eigenvalue weighted by Crippen LogP contribution is -2.56. The number of carbonyl (C=O) groups is 3. The van der Waals surface area contributed by atoms with Gasteiger partial charge in [0.1, 0.15) is 0 Å². The average molecular weight is 318 g/mol. The first-order chi connectivity index (χ1) is 11.0. The van der Waals surface area contributed by atoms with E-state index in [4.69, 9.17) is 5.73 Å². The van der Waals surface area contributed by atoms with Crippen LogP contribution >= 0.6 is 0 Å². The molecule has 7 heteroatoms. The molecule has 1 aromatic rings. The summed E-state index contributed by atoms with van der Waals surface area (Å²) in [7, 11) is 0. The zero-order valence-electron chi connectivity index (χ0n) is 13.2. The van der Waals surface area contributed by atoms with Gasteiger partial charge in [0, 0.05) is 19.6 Å². The summed E-state index contributed by atoms with van der Waals surface area (Å²) < 4.78 is 0. The molecule has 1 aliphatic rings. The second-order valence-electron chi connectivity index (χ2n) is 5.71. The molecule has 1 fully saturated rings. The number of hydrogen-bond donors (Lipinski definition) is 3. The predicted molar refractivity (Wildman–Crippen MR) is 85.2 cm³/mol. The summed E-state index contributed by atoms with van der Waals surface area (Å²) in [6.07, 6.45) is 0.00494. The second kappa shape index (κ2) is 7.73. The number of hydrogen-bond acceptors (Lipinski definition) is 4. The van der Waals surface area contributed by atoms with Gasteiger partial charge < -0.3 is 16.4 Å². The highest BCUT2D eigenvalue weighted by Gasteiger charge is 2.31. The molecule has 0 bridgehead atoms. The van der Waals surface area contributed by atoms with Gasteiger partial charge in [0.25, 0.3) is 0 Å². The fourth-order valence-corrected chi connectivity index (χ4v) is 2.53. The van der Waals surface area contributed by atoms with Crippen LogP contribution < -0.4 is 16.4 Å². The number of nitrogens with one attached hydrogen (secondary N) is 2. The van der Waals surface area contributed by atoms with E-state index in [1.165, 1.54) is 5.56 Å². The van der Waals surface area contributed by atoms with E-state index in [1.807, 2.05) is 36.1 Å². The van der Waals surface area contributed by atoms with Gasteiger partial charge in [-0.15, -0.1) is 0 Å². The minimum absolute atomic E-state index is 0.00494. The SMILES string of the molecule is Cc1ccc(CN2CCNC(=O)C2CC(=O)NCC(N)=O)cc1. The van der Waals surface area contributed by atoms with Crippen molar-refractivity contribution < 1.29 is 14.4 Å². The number of primary amides is 1. The second-order valence-corrected chi connectivity index (χ2v) is 5.71. The van der Waals surface area contributed by atoms with Crippen LogP contribution in [0.2, 0.25) is 0 Å². The van der Waals surface area contributed by atoms with Crippen molar-refractivity contribution in [2.24, 2.45) is 5.73 Å². The average Bonchev–Trinajstić information content (AvgIpc) is 2.51. The van der Waals surface area contributed by atoms with Crippen molar-refractivity contribution in [2.45, 2.75) is 25.9 Å². The Morgan fingerprint density at radius 1 is 1.35 bits per heavy atom. The van der Waals surface area contributed by atoms with Crippen molar-refractivity contribution in [2.75, 3.05) is 19.6 Å². The Hall–Kier alpha value is -2.41. The topological polar surface area (TPSA) is 105 Å².